The van der Waals surface area contributed by atoms with Crippen LogP contribution in [0.4, 0.5) is 5.82 Å². The third kappa shape index (κ3) is 3.78. The summed E-state index contributed by atoms with van der Waals surface area (Å²) in [6, 6.07) is 6.92. The van der Waals surface area contributed by atoms with E-state index in [1.54, 1.807) is 29.1 Å². The van der Waals surface area contributed by atoms with Crippen LogP contribution in [0.5, 0.6) is 0 Å². The van der Waals surface area contributed by atoms with Crippen molar-refractivity contribution in [2.45, 2.75) is 6.54 Å². The average Bonchev–Trinajstić information content (AvgIpc) is 2.98. The van der Waals surface area contributed by atoms with Crippen LogP contribution in [0, 0.1) is 0 Å². The molecule has 3 rings (SSSR count). The van der Waals surface area contributed by atoms with Crippen molar-refractivity contribution < 1.29 is 14.3 Å². The number of nitrogens with one attached hydrogen (secondary N) is 1. The SMILES string of the molecule is O=C(Nc1ccnn1Cc1ccc(Cl)cc1Cl)C1=COCCO1. The number of halogens is 2. The summed E-state index contributed by atoms with van der Waals surface area (Å²) in [4.78, 5) is 12.1. The summed E-state index contributed by atoms with van der Waals surface area (Å²) in [5.74, 6) is 0.262. The number of nitrogens with zero attached hydrogens (tertiary/aromatic N) is 2. The fourth-order valence-electron chi connectivity index (χ4n) is 2.04. The summed E-state index contributed by atoms with van der Waals surface area (Å²) in [6.07, 6.45) is 2.89. The molecule has 1 aromatic heterocycles. The van der Waals surface area contributed by atoms with Gasteiger partial charge in [-0.25, -0.2) is 4.68 Å². The van der Waals surface area contributed by atoms with Gasteiger partial charge in [0.1, 0.15) is 25.3 Å². The highest BCUT2D eigenvalue weighted by molar-refractivity contribution is 6.35. The lowest BCUT2D eigenvalue weighted by molar-refractivity contribution is -0.117. The molecule has 8 heteroatoms. The fraction of sp³-hybridized carbons (Fsp3) is 0.200. The Morgan fingerprint density at radius 3 is 2.91 bits per heavy atom. The van der Waals surface area contributed by atoms with Crippen LogP contribution in [-0.4, -0.2) is 28.9 Å². The van der Waals surface area contributed by atoms with E-state index in [0.29, 0.717) is 35.6 Å². The van der Waals surface area contributed by atoms with Gasteiger partial charge in [-0.05, 0) is 17.7 Å². The van der Waals surface area contributed by atoms with Crippen LogP contribution in [-0.2, 0) is 20.8 Å². The standard InChI is InChI=1S/C15H13Cl2N3O3/c16-11-2-1-10(12(17)7-11)8-20-14(3-4-18-20)19-15(21)13-9-22-5-6-23-13/h1-4,7,9H,5-6,8H2,(H,19,21). The van der Waals surface area contributed by atoms with E-state index in [0.717, 1.165) is 5.56 Å². The van der Waals surface area contributed by atoms with E-state index in [2.05, 4.69) is 10.4 Å². The summed E-state index contributed by atoms with van der Waals surface area (Å²) in [6.45, 7) is 1.18. The molecule has 1 aliphatic heterocycles. The third-order valence-corrected chi connectivity index (χ3v) is 3.75. The van der Waals surface area contributed by atoms with Gasteiger partial charge >= 0.3 is 0 Å². The van der Waals surface area contributed by atoms with E-state index in [4.69, 9.17) is 32.7 Å². The van der Waals surface area contributed by atoms with Gasteiger partial charge in [-0.2, -0.15) is 5.10 Å². The number of aromatic nitrogens is 2. The quantitative estimate of drug-likeness (QED) is 0.917. The zero-order chi connectivity index (χ0) is 16.2. The molecule has 0 fully saturated rings. The highest BCUT2D eigenvalue weighted by Gasteiger charge is 2.17. The van der Waals surface area contributed by atoms with Crippen LogP contribution in [0.15, 0.2) is 42.5 Å². The highest BCUT2D eigenvalue weighted by Crippen LogP contribution is 2.23. The van der Waals surface area contributed by atoms with Crippen molar-refractivity contribution in [3.8, 4) is 0 Å². The number of amides is 1. The van der Waals surface area contributed by atoms with Crippen LogP contribution in [0.2, 0.25) is 10.0 Å². The van der Waals surface area contributed by atoms with E-state index in [1.807, 2.05) is 6.07 Å². The summed E-state index contributed by atoms with van der Waals surface area (Å²) >= 11 is 12.1. The summed E-state index contributed by atoms with van der Waals surface area (Å²) < 4.78 is 11.9. The van der Waals surface area contributed by atoms with Crippen molar-refractivity contribution in [3.63, 3.8) is 0 Å². The van der Waals surface area contributed by atoms with E-state index in [1.165, 1.54) is 6.26 Å². The van der Waals surface area contributed by atoms with Crippen LogP contribution >= 0.6 is 23.2 Å². The molecule has 0 unspecified atom stereocenters. The maximum Gasteiger partial charge on any atom is 0.295 e. The molecule has 0 radical (unpaired) electrons. The fourth-order valence-corrected chi connectivity index (χ4v) is 2.51. The first kappa shape index (κ1) is 15.7. The number of hydrogen-bond acceptors (Lipinski definition) is 4. The van der Waals surface area contributed by atoms with Gasteiger partial charge in [-0.3, -0.25) is 4.79 Å². The Kier molecular flexibility index (Phi) is 4.73. The Labute approximate surface area is 142 Å². The van der Waals surface area contributed by atoms with E-state index < -0.39 is 5.91 Å². The Bertz CT molecular complexity index is 758. The van der Waals surface area contributed by atoms with Crippen LogP contribution in [0.25, 0.3) is 0 Å². The molecule has 6 nitrogen and oxygen atoms in total. The lowest BCUT2D eigenvalue weighted by Gasteiger charge is -2.15. The lowest BCUT2D eigenvalue weighted by atomic mass is 10.2. The number of hydrogen-bond donors (Lipinski definition) is 1. The minimum absolute atomic E-state index is 0.133. The normalized spacial score (nSPS) is 13.7. The topological polar surface area (TPSA) is 65.4 Å². The number of carbonyl (C=O) groups excluding carboxylic acids is 1. The first-order chi connectivity index (χ1) is 11.1. The molecule has 0 aliphatic carbocycles. The Hall–Kier alpha value is -2.18. The van der Waals surface area contributed by atoms with Crippen LogP contribution in [0.1, 0.15) is 5.56 Å². The second-order valence-corrected chi connectivity index (χ2v) is 5.61. The second-order valence-electron chi connectivity index (χ2n) is 4.77. The van der Waals surface area contributed by atoms with Gasteiger partial charge < -0.3 is 14.8 Å². The molecule has 2 aromatic rings. The second kappa shape index (κ2) is 6.93. The zero-order valence-corrected chi connectivity index (χ0v) is 13.5. The summed E-state index contributed by atoms with van der Waals surface area (Å²) in [5.41, 5.74) is 0.840. The monoisotopic (exact) mass is 353 g/mol. The van der Waals surface area contributed by atoms with Gasteiger partial charge in [0.2, 0.25) is 5.76 Å². The van der Waals surface area contributed by atoms with Gasteiger partial charge in [0.25, 0.3) is 5.91 Å². The number of rotatable bonds is 4. The van der Waals surface area contributed by atoms with Crippen molar-refractivity contribution in [3.05, 3.63) is 58.1 Å². The predicted molar refractivity (Wildman–Crippen MR) is 86.4 cm³/mol. The molecule has 120 valence electrons. The van der Waals surface area contributed by atoms with E-state index in [-0.39, 0.29) is 5.76 Å². The minimum Gasteiger partial charge on any atom is -0.494 e. The Morgan fingerprint density at radius 1 is 1.30 bits per heavy atom. The molecule has 0 saturated carbocycles. The largest absolute Gasteiger partial charge is 0.494 e. The molecule has 0 atom stereocenters. The van der Waals surface area contributed by atoms with Crippen molar-refractivity contribution in [1.82, 2.24) is 9.78 Å². The molecular weight excluding hydrogens is 341 g/mol. The van der Waals surface area contributed by atoms with Gasteiger partial charge in [0.05, 0.1) is 12.7 Å². The molecule has 0 spiro atoms. The molecule has 0 bridgehead atoms. The smallest absolute Gasteiger partial charge is 0.295 e. The minimum atomic E-state index is -0.395. The summed E-state index contributed by atoms with van der Waals surface area (Å²) in [7, 11) is 0. The summed E-state index contributed by atoms with van der Waals surface area (Å²) in [5, 5.41) is 8.03. The first-order valence-electron chi connectivity index (χ1n) is 6.85. The maximum absolute atomic E-state index is 12.1. The number of anilines is 1. The lowest BCUT2D eigenvalue weighted by Crippen LogP contribution is -2.22. The maximum atomic E-state index is 12.1. The predicted octanol–water partition coefficient (Wildman–Crippen LogP) is 3.06. The average molecular weight is 354 g/mol. The number of ether oxygens (including phenoxy) is 2. The molecule has 0 saturated heterocycles. The van der Waals surface area contributed by atoms with Crippen molar-refractivity contribution in [2.75, 3.05) is 18.5 Å². The molecule has 2 heterocycles. The van der Waals surface area contributed by atoms with Crippen LogP contribution < -0.4 is 5.32 Å². The Balaban J connectivity index is 1.74. The molecule has 23 heavy (non-hydrogen) atoms. The van der Waals surface area contributed by atoms with E-state index in [9.17, 15) is 4.79 Å². The zero-order valence-electron chi connectivity index (χ0n) is 12.0. The van der Waals surface area contributed by atoms with Crippen molar-refractivity contribution >= 4 is 34.9 Å². The van der Waals surface area contributed by atoms with Gasteiger partial charge in [0.15, 0.2) is 0 Å². The number of benzene rings is 1. The molecule has 1 N–H and O–H groups in total. The highest BCUT2D eigenvalue weighted by atomic mass is 35.5. The van der Waals surface area contributed by atoms with Crippen molar-refractivity contribution in [1.29, 1.82) is 0 Å². The third-order valence-electron chi connectivity index (χ3n) is 3.17. The molecule has 1 aliphatic rings. The van der Waals surface area contributed by atoms with Gasteiger partial charge in [-0.1, -0.05) is 29.3 Å². The molecular formula is C15H13Cl2N3O3. The number of carbonyl (C=O) groups is 1. The van der Waals surface area contributed by atoms with Crippen molar-refractivity contribution in [2.24, 2.45) is 0 Å². The van der Waals surface area contributed by atoms with Gasteiger partial charge in [-0.15, -0.1) is 0 Å². The Morgan fingerprint density at radius 2 is 2.17 bits per heavy atom. The molecule has 1 amide bonds. The van der Waals surface area contributed by atoms with Crippen LogP contribution in [0.3, 0.4) is 0 Å². The van der Waals surface area contributed by atoms with E-state index >= 15 is 0 Å². The molecule has 1 aromatic carbocycles. The van der Waals surface area contributed by atoms with Gasteiger partial charge in [0, 0.05) is 16.1 Å². The first-order valence-corrected chi connectivity index (χ1v) is 7.61.